The van der Waals surface area contributed by atoms with Crippen LogP contribution in [0.4, 0.5) is 13.2 Å². The zero-order chi connectivity index (χ0) is 22.1. The molecule has 6 heteroatoms. The van der Waals surface area contributed by atoms with Gasteiger partial charge in [-0.2, -0.15) is 0 Å². The summed E-state index contributed by atoms with van der Waals surface area (Å²) >= 11 is 0. The Morgan fingerprint density at radius 2 is 1.59 bits per heavy atom. The van der Waals surface area contributed by atoms with Crippen LogP contribution in [-0.4, -0.2) is 17.8 Å². The van der Waals surface area contributed by atoms with Crippen molar-refractivity contribution in [3.63, 3.8) is 0 Å². The molecule has 0 radical (unpaired) electrons. The second-order valence-electron chi connectivity index (χ2n) is 7.97. The van der Waals surface area contributed by atoms with Gasteiger partial charge in [0.2, 0.25) is 0 Å². The highest BCUT2D eigenvalue weighted by atomic mass is 19.2. The van der Waals surface area contributed by atoms with Gasteiger partial charge in [-0.1, -0.05) is 30.3 Å². The Hall–Kier alpha value is -3.25. The van der Waals surface area contributed by atoms with E-state index in [2.05, 4.69) is 0 Å². The van der Waals surface area contributed by atoms with Gasteiger partial charge in [-0.25, -0.2) is 13.2 Å². The van der Waals surface area contributed by atoms with Gasteiger partial charge in [-0.3, -0.25) is 0 Å². The van der Waals surface area contributed by atoms with E-state index in [1.807, 2.05) is 41.0 Å². The van der Waals surface area contributed by atoms with Gasteiger partial charge in [-0.15, -0.1) is 0 Å². The lowest BCUT2D eigenvalue weighted by molar-refractivity contribution is 0.0842. The van der Waals surface area contributed by atoms with Crippen molar-refractivity contribution in [3.05, 3.63) is 95.4 Å². The SMILES string of the molecule is Fc1ccc(-n2c(C3CCOCC3)cc3c(OCc4ccccc4)c(F)ccc32)cc1F. The van der Waals surface area contributed by atoms with Gasteiger partial charge in [0.15, 0.2) is 23.2 Å². The second-order valence-corrected chi connectivity index (χ2v) is 7.97. The molecular formula is C26H22F3NO2. The van der Waals surface area contributed by atoms with E-state index in [1.54, 1.807) is 6.07 Å². The van der Waals surface area contributed by atoms with Crippen LogP contribution in [0.15, 0.2) is 66.7 Å². The molecule has 0 saturated carbocycles. The van der Waals surface area contributed by atoms with Gasteiger partial charge in [0.1, 0.15) is 6.61 Å². The summed E-state index contributed by atoms with van der Waals surface area (Å²) in [6.45, 7) is 1.46. The lowest BCUT2D eigenvalue weighted by Crippen LogP contribution is -2.16. The molecule has 2 heterocycles. The van der Waals surface area contributed by atoms with Crippen LogP contribution in [0, 0.1) is 17.5 Å². The molecule has 4 aromatic rings. The highest BCUT2D eigenvalue weighted by molar-refractivity contribution is 5.89. The Kier molecular flexibility index (Phi) is 5.62. The number of nitrogens with zero attached hydrogens (tertiary/aromatic N) is 1. The molecule has 32 heavy (non-hydrogen) atoms. The van der Waals surface area contributed by atoms with E-state index in [1.165, 1.54) is 18.2 Å². The molecule has 1 saturated heterocycles. The fraction of sp³-hybridized carbons (Fsp3) is 0.231. The Labute approximate surface area is 184 Å². The lowest BCUT2D eigenvalue weighted by atomic mass is 9.96. The third kappa shape index (κ3) is 3.86. The molecule has 3 aromatic carbocycles. The van der Waals surface area contributed by atoms with Crippen LogP contribution >= 0.6 is 0 Å². The molecule has 5 rings (SSSR count). The molecule has 164 valence electrons. The highest BCUT2D eigenvalue weighted by Crippen LogP contribution is 2.39. The minimum atomic E-state index is -0.926. The second kappa shape index (κ2) is 8.71. The molecule has 1 aliphatic rings. The van der Waals surface area contributed by atoms with Gasteiger partial charge < -0.3 is 14.0 Å². The van der Waals surface area contributed by atoms with E-state index in [0.717, 1.165) is 30.2 Å². The molecule has 1 fully saturated rings. The highest BCUT2D eigenvalue weighted by Gasteiger charge is 2.25. The summed E-state index contributed by atoms with van der Waals surface area (Å²) in [5.41, 5.74) is 3.00. The van der Waals surface area contributed by atoms with E-state index in [-0.39, 0.29) is 18.3 Å². The first-order chi connectivity index (χ1) is 15.6. The number of hydrogen-bond donors (Lipinski definition) is 0. The minimum absolute atomic E-state index is 0.147. The van der Waals surface area contributed by atoms with Gasteiger partial charge in [0.05, 0.1) is 5.52 Å². The van der Waals surface area contributed by atoms with Crippen molar-refractivity contribution in [3.8, 4) is 11.4 Å². The van der Waals surface area contributed by atoms with Gasteiger partial charge in [-0.05, 0) is 48.7 Å². The van der Waals surface area contributed by atoms with E-state index >= 15 is 0 Å². The molecule has 0 unspecified atom stereocenters. The Morgan fingerprint density at radius 3 is 2.34 bits per heavy atom. The lowest BCUT2D eigenvalue weighted by Gasteiger charge is -2.24. The zero-order valence-corrected chi connectivity index (χ0v) is 17.4. The number of aromatic nitrogens is 1. The average molecular weight is 437 g/mol. The largest absolute Gasteiger partial charge is 0.485 e. The molecule has 0 bridgehead atoms. The van der Waals surface area contributed by atoms with Crippen molar-refractivity contribution in [1.82, 2.24) is 4.57 Å². The topological polar surface area (TPSA) is 23.4 Å². The fourth-order valence-electron chi connectivity index (χ4n) is 4.33. The first-order valence-corrected chi connectivity index (χ1v) is 10.7. The summed E-state index contributed by atoms with van der Waals surface area (Å²) in [4.78, 5) is 0. The van der Waals surface area contributed by atoms with Crippen molar-refractivity contribution in [2.24, 2.45) is 0 Å². The van der Waals surface area contributed by atoms with Crippen molar-refractivity contribution in [2.45, 2.75) is 25.4 Å². The maximum absolute atomic E-state index is 14.9. The van der Waals surface area contributed by atoms with Gasteiger partial charge >= 0.3 is 0 Å². The van der Waals surface area contributed by atoms with Gasteiger partial charge in [0.25, 0.3) is 0 Å². The molecule has 1 aliphatic heterocycles. The van der Waals surface area contributed by atoms with Crippen molar-refractivity contribution in [2.75, 3.05) is 13.2 Å². The molecule has 0 atom stereocenters. The zero-order valence-electron chi connectivity index (χ0n) is 17.4. The maximum atomic E-state index is 14.9. The number of ether oxygens (including phenoxy) is 2. The molecule has 3 nitrogen and oxygen atoms in total. The first-order valence-electron chi connectivity index (χ1n) is 10.7. The summed E-state index contributed by atoms with van der Waals surface area (Å²) in [6.07, 6.45) is 1.59. The standard InChI is InChI=1S/C26H22F3NO2/c27-21-7-6-19(14-23(21)29)30-24-9-8-22(28)26(32-16-17-4-2-1-3-5-17)20(24)15-25(30)18-10-12-31-13-11-18/h1-9,14-15,18H,10-13,16H2. The van der Waals surface area contributed by atoms with Crippen LogP contribution in [0.25, 0.3) is 16.6 Å². The smallest absolute Gasteiger partial charge is 0.165 e. The van der Waals surface area contributed by atoms with Crippen LogP contribution in [0.2, 0.25) is 0 Å². The quantitative estimate of drug-likeness (QED) is 0.355. The van der Waals surface area contributed by atoms with E-state index < -0.39 is 17.5 Å². The predicted molar refractivity (Wildman–Crippen MR) is 117 cm³/mol. The summed E-state index contributed by atoms with van der Waals surface area (Å²) in [5, 5.41) is 0.604. The van der Waals surface area contributed by atoms with Crippen LogP contribution in [0.3, 0.4) is 0 Å². The van der Waals surface area contributed by atoms with Crippen LogP contribution in [-0.2, 0) is 11.3 Å². The van der Waals surface area contributed by atoms with E-state index in [0.29, 0.717) is 29.8 Å². The molecule has 0 aliphatic carbocycles. The summed E-state index contributed by atoms with van der Waals surface area (Å²) in [7, 11) is 0. The predicted octanol–water partition coefficient (Wildman–Crippen LogP) is 6.52. The summed E-state index contributed by atoms with van der Waals surface area (Å²) < 4.78 is 55.9. The summed E-state index contributed by atoms with van der Waals surface area (Å²) in [6, 6.07) is 18.3. The monoisotopic (exact) mass is 437 g/mol. The average Bonchev–Trinajstić information content (AvgIpc) is 3.21. The van der Waals surface area contributed by atoms with E-state index in [4.69, 9.17) is 9.47 Å². The third-order valence-corrected chi connectivity index (χ3v) is 5.94. The Balaban J connectivity index is 1.65. The summed E-state index contributed by atoms with van der Waals surface area (Å²) in [5.74, 6) is -2.00. The fourth-order valence-corrected chi connectivity index (χ4v) is 4.33. The number of fused-ring (bicyclic) bond motifs is 1. The van der Waals surface area contributed by atoms with Crippen molar-refractivity contribution in [1.29, 1.82) is 0 Å². The van der Waals surface area contributed by atoms with Crippen LogP contribution in [0.5, 0.6) is 5.75 Å². The van der Waals surface area contributed by atoms with E-state index in [9.17, 15) is 13.2 Å². The Morgan fingerprint density at radius 1 is 0.844 bits per heavy atom. The number of halogens is 3. The Bertz CT molecular complexity index is 1250. The number of benzene rings is 3. The molecule has 0 N–H and O–H groups in total. The minimum Gasteiger partial charge on any atom is -0.485 e. The van der Waals surface area contributed by atoms with Crippen molar-refractivity contribution < 1.29 is 22.6 Å². The molecule has 0 spiro atoms. The van der Waals surface area contributed by atoms with Crippen LogP contribution < -0.4 is 4.74 Å². The maximum Gasteiger partial charge on any atom is 0.165 e. The molecule has 0 amide bonds. The first kappa shape index (κ1) is 20.6. The number of hydrogen-bond acceptors (Lipinski definition) is 2. The van der Waals surface area contributed by atoms with Crippen molar-refractivity contribution >= 4 is 10.9 Å². The molecular weight excluding hydrogens is 415 g/mol. The molecule has 1 aromatic heterocycles. The number of rotatable bonds is 5. The van der Waals surface area contributed by atoms with Crippen LogP contribution in [0.1, 0.15) is 30.0 Å². The third-order valence-electron chi connectivity index (χ3n) is 5.94. The van der Waals surface area contributed by atoms with Gasteiger partial charge in [0, 0.05) is 42.0 Å². The normalized spacial score (nSPS) is 14.7.